The molecule has 0 aliphatic heterocycles. The Kier molecular flexibility index (Phi) is 7.14. The van der Waals surface area contributed by atoms with Crippen LogP contribution in [0.3, 0.4) is 0 Å². The Labute approximate surface area is 301 Å². The SMILES string of the molecule is c1ccc(-c2ccc(-c3cccc4c(-c5ccccc5)nc5c(-c6ccc7ccc8ccc(-c9ccccc9)nc8c7n6)cccc5c34)cc2)cc1. The largest absolute Gasteiger partial charge is 0.246 e. The summed E-state index contributed by atoms with van der Waals surface area (Å²) in [5.41, 5.74) is 13.4. The number of nitrogens with zero attached hydrogens (tertiary/aromatic N) is 3. The fraction of sp³-hybridized carbons (Fsp3) is 0. The molecule has 10 rings (SSSR count). The Morgan fingerprint density at radius 2 is 0.769 bits per heavy atom. The van der Waals surface area contributed by atoms with Crippen molar-refractivity contribution in [3.63, 3.8) is 0 Å². The number of fused-ring (bicyclic) bond motifs is 6. The Balaban J connectivity index is 1.21. The fourth-order valence-electron chi connectivity index (χ4n) is 7.50. The summed E-state index contributed by atoms with van der Waals surface area (Å²) in [7, 11) is 0. The van der Waals surface area contributed by atoms with Crippen molar-refractivity contribution in [2.24, 2.45) is 0 Å². The Morgan fingerprint density at radius 3 is 1.44 bits per heavy atom. The second kappa shape index (κ2) is 12.4. The predicted molar refractivity (Wildman–Crippen MR) is 217 cm³/mol. The minimum absolute atomic E-state index is 0.869. The molecule has 3 nitrogen and oxygen atoms in total. The quantitative estimate of drug-likeness (QED) is 0.172. The molecule has 0 spiro atoms. The van der Waals surface area contributed by atoms with Crippen LogP contribution in [0, 0.1) is 0 Å². The third-order valence-electron chi connectivity index (χ3n) is 10.1. The summed E-state index contributed by atoms with van der Waals surface area (Å²) < 4.78 is 0. The number of aromatic nitrogens is 3. The molecular formula is C49H31N3. The van der Waals surface area contributed by atoms with Gasteiger partial charge >= 0.3 is 0 Å². The van der Waals surface area contributed by atoms with E-state index in [-0.39, 0.29) is 0 Å². The maximum Gasteiger partial charge on any atom is 0.0972 e. The van der Waals surface area contributed by atoms with Gasteiger partial charge < -0.3 is 0 Å². The highest BCUT2D eigenvalue weighted by atomic mass is 14.8. The molecule has 0 atom stereocenters. The van der Waals surface area contributed by atoms with Crippen LogP contribution in [0.1, 0.15) is 0 Å². The summed E-state index contributed by atoms with van der Waals surface area (Å²) in [6.45, 7) is 0. The first-order valence-corrected chi connectivity index (χ1v) is 17.6. The summed E-state index contributed by atoms with van der Waals surface area (Å²) in [5, 5.41) is 5.52. The average molecular weight is 662 g/mol. The van der Waals surface area contributed by atoms with Gasteiger partial charge in [-0.15, -0.1) is 0 Å². The molecule has 3 aromatic heterocycles. The molecule has 3 heterocycles. The zero-order chi connectivity index (χ0) is 34.4. The molecule has 0 aliphatic carbocycles. The lowest BCUT2D eigenvalue weighted by Crippen LogP contribution is -1.95. The van der Waals surface area contributed by atoms with Crippen molar-refractivity contribution in [1.29, 1.82) is 0 Å². The minimum atomic E-state index is 0.869. The Bertz CT molecular complexity index is 2920. The van der Waals surface area contributed by atoms with Gasteiger partial charge in [0.25, 0.3) is 0 Å². The van der Waals surface area contributed by atoms with Crippen LogP contribution in [0.5, 0.6) is 0 Å². The average Bonchev–Trinajstić information content (AvgIpc) is 3.23. The van der Waals surface area contributed by atoms with Crippen molar-refractivity contribution >= 4 is 43.5 Å². The van der Waals surface area contributed by atoms with Gasteiger partial charge in [-0.05, 0) is 34.4 Å². The van der Waals surface area contributed by atoms with Crippen LogP contribution in [0.4, 0.5) is 0 Å². The molecule has 0 unspecified atom stereocenters. The van der Waals surface area contributed by atoms with E-state index in [1.165, 1.54) is 22.1 Å². The van der Waals surface area contributed by atoms with E-state index in [1.54, 1.807) is 0 Å². The predicted octanol–water partition coefficient (Wildman–Crippen LogP) is 12.8. The molecule has 0 saturated carbocycles. The van der Waals surface area contributed by atoms with Gasteiger partial charge in [0.15, 0.2) is 0 Å². The molecule has 0 bridgehead atoms. The second-order valence-electron chi connectivity index (χ2n) is 13.2. The molecule has 7 aromatic carbocycles. The molecular weight excluding hydrogens is 631 g/mol. The zero-order valence-corrected chi connectivity index (χ0v) is 28.2. The highest BCUT2D eigenvalue weighted by Crippen LogP contribution is 2.41. The summed E-state index contributed by atoms with van der Waals surface area (Å²) in [6, 6.07) is 66.1. The number of hydrogen-bond donors (Lipinski definition) is 0. The highest BCUT2D eigenvalue weighted by Gasteiger charge is 2.18. The van der Waals surface area contributed by atoms with E-state index < -0.39 is 0 Å². The van der Waals surface area contributed by atoms with Gasteiger partial charge in [0.1, 0.15) is 0 Å². The lowest BCUT2D eigenvalue weighted by atomic mass is 9.91. The smallest absolute Gasteiger partial charge is 0.0972 e. The van der Waals surface area contributed by atoms with Gasteiger partial charge in [0, 0.05) is 43.6 Å². The monoisotopic (exact) mass is 661 g/mol. The van der Waals surface area contributed by atoms with Crippen molar-refractivity contribution in [2.75, 3.05) is 0 Å². The molecule has 0 radical (unpaired) electrons. The summed E-state index contributed by atoms with van der Waals surface area (Å²) in [6.07, 6.45) is 0. The van der Waals surface area contributed by atoms with E-state index in [1.807, 2.05) is 18.2 Å². The van der Waals surface area contributed by atoms with E-state index in [9.17, 15) is 0 Å². The normalized spacial score (nSPS) is 11.5. The van der Waals surface area contributed by atoms with Crippen LogP contribution in [-0.4, -0.2) is 15.0 Å². The Morgan fingerprint density at radius 1 is 0.269 bits per heavy atom. The van der Waals surface area contributed by atoms with Gasteiger partial charge in [-0.3, -0.25) is 0 Å². The first kappa shape index (κ1) is 29.9. The maximum atomic E-state index is 5.48. The third kappa shape index (κ3) is 5.10. The maximum absolute atomic E-state index is 5.48. The van der Waals surface area contributed by atoms with Crippen LogP contribution in [-0.2, 0) is 0 Å². The number of hydrogen-bond acceptors (Lipinski definition) is 3. The van der Waals surface area contributed by atoms with Crippen LogP contribution in [0.2, 0.25) is 0 Å². The molecule has 0 saturated heterocycles. The summed E-state index contributed by atoms with van der Waals surface area (Å²) in [4.78, 5) is 16.0. The highest BCUT2D eigenvalue weighted by molar-refractivity contribution is 6.19. The Hall–Kier alpha value is -6.97. The van der Waals surface area contributed by atoms with E-state index in [0.717, 1.165) is 77.4 Å². The summed E-state index contributed by atoms with van der Waals surface area (Å²) in [5.74, 6) is 0. The fourth-order valence-corrected chi connectivity index (χ4v) is 7.50. The molecule has 52 heavy (non-hydrogen) atoms. The van der Waals surface area contributed by atoms with E-state index in [4.69, 9.17) is 15.0 Å². The second-order valence-corrected chi connectivity index (χ2v) is 13.2. The van der Waals surface area contributed by atoms with Crippen molar-refractivity contribution in [2.45, 2.75) is 0 Å². The standard InChI is InChI=1S/C49H31N3/c1-4-12-32(13-5-1)33-22-24-34(25-23-33)39-18-10-20-41-45(39)42-21-11-19-40(49(42)52-46(41)36-16-8-3-9-17-36)44-31-29-38-27-26-37-28-30-43(35-14-6-2-7-15-35)50-47(37)48(38)51-44/h1-31H. The third-order valence-corrected chi connectivity index (χ3v) is 10.1. The first-order chi connectivity index (χ1) is 25.8. The van der Waals surface area contributed by atoms with E-state index >= 15 is 0 Å². The summed E-state index contributed by atoms with van der Waals surface area (Å²) >= 11 is 0. The molecule has 0 aliphatic rings. The van der Waals surface area contributed by atoms with Crippen molar-refractivity contribution in [3.05, 3.63) is 188 Å². The van der Waals surface area contributed by atoms with Gasteiger partial charge in [-0.1, -0.05) is 176 Å². The first-order valence-electron chi connectivity index (χ1n) is 17.6. The van der Waals surface area contributed by atoms with Crippen LogP contribution in [0.25, 0.3) is 99.5 Å². The molecule has 242 valence electrons. The molecule has 0 N–H and O–H groups in total. The van der Waals surface area contributed by atoms with Crippen molar-refractivity contribution in [3.8, 4) is 56.0 Å². The number of benzene rings is 7. The number of pyridine rings is 3. The van der Waals surface area contributed by atoms with Crippen molar-refractivity contribution < 1.29 is 0 Å². The van der Waals surface area contributed by atoms with Crippen LogP contribution >= 0.6 is 0 Å². The number of rotatable bonds is 5. The zero-order valence-electron chi connectivity index (χ0n) is 28.2. The number of para-hydroxylation sites is 1. The topological polar surface area (TPSA) is 38.7 Å². The molecule has 0 amide bonds. The molecule has 3 heteroatoms. The lowest BCUT2D eigenvalue weighted by molar-refractivity contribution is 1.36. The molecule has 0 fully saturated rings. The van der Waals surface area contributed by atoms with Crippen LogP contribution < -0.4 is 0 Å². The van der Waals surface area contributed by atoms with Gasteiger partial charge in [-0.25, -0.2) is 15.0 Å². The van der Waals surface area contributed by atoms with Crippen molar-refractivity contribution in [1.82, 2.24) is 15.0 Å². The van der Waals surface area contributed by atoms with Gasteiger partial charge in [0.2, 0.25) is 0 Å². The van der Waals surface area contributed by atoms with Gasteiger partial charge in [0.05, 0.1) is 33.6 Å². The van der Waals surface area contributed by atoms with E-state index in [0.29, 0.717) is 0 Å². The van der Waals surface area contributed by atoms with Crippen LogP contribution in [0.15, 0.2) is 188 Å². The lowest BCUT2D eigenvalue weighted by Gasteiger charge is -2.16. The van der Waals surface area contributed by atoms with E-state index in [2.05, 4.69) is 170 Å². The minimum Gasteiger partial charge on any atom is -0.246 e. The van der Waals surface area contributed by atoms with Gasteiger partial charge in [-0.2, -0.15) is 0 Å². The molecule has 10 aromatic rings.